The molecule has 4 heteroatoms. The number of halogens is 1. The number of ether oxygens (including phenoxy) is 1. The average Bonchev–Trinajstić information content (AvgIpc) is 2.96. The van der Waals surface area contributed by atoms with Gasteiger partial charge in [0, 0.05) is 0 Å². The van der Waals surface area contributed by atoms with Crippen LogP contribution in [0.5, 0.6) is 0 Å². The van der Waals surface area contributed by atoms with E-state index in [9.17, 15) is 4.79 Å². The molecule has 80 valence electrons. The maximum atomic E-state index is 11.7. The maximum Gasteiger partial charge on any atom is 0.326 e. The molecule has 1 aliphatic heterocycles. The average molecular weight is 270 g/mol. The summed E-state index contributed by atoms with van der Waals surface area (Å²) >= 11 is 3.33. The van der Waals surface area contributed by atoms with E-state index in [0.29, 0.717) is 0 Å². The van der Waals surface area contributed by atoms with Gasteiger partial charge < -0.3 is 4.74 Å². The predicted octanol–water partition coefficient (Wildman–Crippen LogP) is 1.99. The smallest absolute Gasteiger partial charge is 0.326 e. The first kappa shape index (κ1) is 10.6. The van der Waals surface area contributed by atoms with Gasteiger partial charge in [0.05, 0.1) is 6.54 Å². The molecule has 1 heterocycles. The molecule has 0 aliphatic carbocycles. The molecule has 3 nitrogen and oxygen atoms in total. The van der Waals surface area contributed by atoms with Crippen LogP contribution in [0.4, 0.5) is 0 Å². The number of hydrogen-bond acceptors (Lipinski definition) is 3. The Kier molecular flexibility index (Phi) is 2.80. The Morgan fingerprint density at radius 2 is 2.13 bits per heavy atom. The van der Waals surface area contributed by atoms with Crippen molar-refractivity contribution in [3.05, 3.63) is 35.9 Å². The van der Waals surface area contributed by atoms with Crippen LogP contribution in [0.3, 0.4) is 0 Å². The molecule has 1 aromatic rings. The van der Waals surface area contributed by atoms with E-state index in [-0.39, 0.29) is 5.97 Å². The van der Waals surface area contributed by atoms with Gasteiger partial charge in [0.15, 0.2) is 5.72 Å². The number of alkyl halides is 1. The third-order valence-electron chi connectivity index (χ3n) is 2.30. The standard InChI is InChI=1S/C11H12BrNO2/c1-11(7-13-11)15-10(14)9(12)8-5-3-2-4-6-8/h2-6,9,13H,7H2,1H3. The van der Waals surface area contributed by atoms with Crippen LogP contribution >= 0.6 is 15.9 Å². The Hall–Kier alpha value is -0.870. The highest BCUT2D eigenvalue weighted by atomic mass is 79.9. The minimum Gasteiger partial charge on any atom is -0.442 e. The van der Waals surface area contributed by atoms with Gasteiger partial charge in [0.25, 0.3) is 0 Å². The highest BCUT2D eigenvalue weighted by Crippen LogP contribution is 2.28. The second kappa shape index (κ2) is 3.94. The van der Waals surface area contributed by atoms with E-state index in [0.717, 1.165) is 12.1 Å². The molecule has 0 saturated carbocycles. The van der Waals surface area contributed by atoms with Gasteiger partial charge >= 0.3 is 5.97 Å². The van der Waals surface area contributed by atoms with Crippen molar-refractivity contribution < 1.29 is 9.53 Å². The second-order valence-electron chi connectivity index (χ2n) is 3.78. The van der Waals surface area contributed by atoms with E-state index >= 15 is 0 Å². The lowest BCUT2D eigenvalue weighted by Gasteiger charge is -2.13. The summed E-state index contributed by atoms with van der Waals surface area (Å²) in [5, 5.41) is 2.98. The van der Waals surface area contributed by atoms with E-state index in [2.05, 4.69) is 21.2 Å². The van der Waals surface area contributed by atoms with Gasteiger partial charge in [-0.25, -0.2) is 0 Å². The molecule has 2 rings (SSSR count). The molecular formula is C11H12BrNO2. The largest absolute Gasteiger partial charge is 0.442 e. The van der Waals surface area contributed by atoms with Gasteiger partial charge in [0.1, 0.15) is 4.83 Å². The zero-order chi connectivity index (χ0) is 10.9. The van der Waals surface area contributed by atoms with Gasteiger partial charge in [-0.2, -0.15) is 0 Å². The minimum absolute atomic E-state index is 0.256. The lowest BCUT2D eigenvalue weighted by Crippen LogP contribution is -2.23. The summed E-state index contributed by atoms with van der Waals surface area (Å²) in [5.74, 6) is -0.256. The van der Waals surface area contributed by atoms with Gasteiger partial charge in [0.2, 0.25) is 0 Å². The first-order valence-corrected chi connectivity index (χ1v) is 5.69. The van der Waals surface area contributed by atoms with Crippen molar-refractivity contribution in [3.63, 3.8) is 0 Å². The summed E-state index contributed by atoms with van der Waals surface area (Å²) in [6, 6.07) is 9.49. The molecule has 1 aliphatic rings. The summed E-state index contributed by atoms with van der Waals surface area (Å²) in [4.78, 5) is 11.3. The second-order valence-corrected chi connectivity index (χ2v) is 4.69. The molecule has 1 aromatic carbocycles. The molecule has 1 N–H and O–H groups in total. The lowest BCUT2D eigenvalue weighted by molar-refractivity contribution is -0.149. The third-order valence-corrected chi connectivity index (χ3v) is 3.20. The lowest BCUT2D eigenvalue weighted by atomic mass is 10.1. The van der Waals surface area contributed by atoms with Gasteiger partial charge in [-0.05, 0) is 12.5 Å². The molecule has 2 atom stereocenters. The molecule has 1 saturated heterocycles. The third kappa shape index (κ3) is 2.58. The zero-order valence-corrected chi connectivity index (χ0v) is 9.95. The fourth-order valence-electron chi connectivity index (χ4n) is 1.23. The van der Waals surface area contributed by atoms with Crippen molar-refractivity contribution >= 4 is 21.9 Å². The number of esters is 1. The Morgan fingerprint density at radius 3 is 2.67 bits per heavy atom. The van der Waals surface area contributed by atoms with Crippen LogP contribution in [0.25, 0.3) is 0 Å². The molecule has 0 bridgehead atoms. The summed E-state index contributed by atoms with van der Waals surface area (Å²) in [6.07, 6.45) is 0. The van der Waals surface area contributed by atoms with E-state index in [1.54, 1.807) is 0 Å². The van der Waals surface area contributed by atoms with Gasteiger partial charge in [-0.1, -0.05) is 46.3 Å². The first-order valence-electron chi connectivity index (χ1n) is 4.78. The number of hydrogen-bond donors (Lipinski definition) is 1. The van der Waals surface area contributed by atoms with E-state index in [1.807, 2.05) is 37.3 Å². The summed E-state index contributed by atoms with van der Waals surface area (Å²) < 4.78 is 5.27. The number of carbonyl (C=O) groups excluding carboxylic acids is 1. The monoisotopic (exact) mass is 269 g/mol. The summed E-state index contributed by atoms with van der Waals surface area (Å²) in [6.45, 7) is 2.59. The van der Waals surface area contributed by atoms with Crippen molar-refractivity contribution in [2.45, 2.75) is 17.5 Å². The van der Waals surface area contributed by atoms with Crippen LogP contribution in [0.2, 0.25) is 0 Å². The fourth-order valence-corrected chi connectivity index (χ4v) is 1.63. The molecule has 0 aromatic heterocycles. The molecule has 15 heavy (non-hydrogen) atoms. The van der Waals surface area contributed by atoms with E-state index < -0.39 is 10.6 Å². The zero-order valence-electron chi connectivity index (χ0n) is 8.37. The summed E-state index contributed by atoms with van der Waals surface area (Å²) in [5.41, 5.74) is 0.462. The topological polar surface area (TPSA) is 48.2 Å². The number of benzene rings is 1. The van der Waals surface area contributed by atoms with Crippen LogP contribution in [-0.4, -0.2) is 18.2 Å². The minimum atomic E-state index is -0.447. The van der Waals surface area contributed by atoms with Crippen molar-refractivity contribution in [2.75, 3.05) is 6.54 Å². The Morgan fingerprint density at radius 1 is 1.53 bits per heavy atom. The van der Waals surface area contributed by atoms with Crippen molar-refractivity contribution in [2.24, 2.45) is 0 Å². The molecule has 0 spiro atoms. The van der Waals surface area contributed by atoms with E-state index in [1.165, 1.54) is 0 Å². The Labute approximate surface area is 96.9 Å². The SMILES string of the molecule is CC1(OC(=O)C(Br)c2ccccc2)CN1. The van der Waals surface area contributed by atoms with E-state index in [4.69, 9.17) is 4.74 Å². The molecule has 2 unspecified atom stereocenters. The van der Waals surface area contributed by atoms with Crippen LogP contribution < -0.4 is 5.32 Å². The highest BCUT2D eigenvalue weighted by molar-refractivity contribution is 9.09. The molecule has 0 amide bonds. The summed E-state index contributed by atoms with van der Waals surface area (Å²) in [7, 11) is 0. The van der Waals surface area contributed by atoms with Crippen LogP contribution in [0.15, 0.2) is 30.3 Å². The van der Waals surface area contributed by atoms with Crippen LogP contribution in [0, 0.1) is 0 Å². The molecular weight excluding hydrogens is 258 g/mol. The first-order chi connectivity index (χ1) is 7.11. The fraction of sp³-hybridized carbons (Fsp3) is 0.364. The van der Waals surface area contributed by atoms with Crippen LogP contribution in [0.1, 0.15) is 17.3 Å². The Bertz CT molecular complexity index is 362. The molecule has 0 radical (unpaired) electrons. The maximum absolute atomic E-state index is 11.7. The molecule has 1 fully saturated rings. The number of carbonyl (C=O) groups is 1. The normalized spacial score (nSPS) is 25.7. The van der Waals surface area contributed by atoms with Crippen molar-refractivity contribution in [1.82, 2.24) is 5.32 Å². The highest BCUT2D eigenvalue weighted by Gasteiger charge is 2.42. The van der Waals surface area contributed by atoms with Crippen molar-refractivity contribution in [1.29, 1.82) is 0 Å². The van der Waals surface area contributed by atoms with Crippen LogP contribution in [-0.2, 0) is 9.53 Å². The Balaban J connectivity index is 2.01. The number of rotatable bonds is 3. The van der Waals surface area contributed by atoms with Gasteiger partial charge in [-0.15, -0.1) is 0 Å². The number of nitrogens with one attached hydrogen (secondary N) is 1. The van der Waals surface area contributed by atoms with Gasteiger partial charge in [-0.3, -0.25) is 10.1 Å². The quantitative estimate of drug-likeness (QED) is 0.519. The predicted molar refractivity (Wildman–Crippen MR) is 60.6 cm³/mol. The van der Waals surface area contributed by atoms with Crippen molar-refractivity contribution in [3.8, 4) is 0 Å².